The number of aromatic nitrogens is 3. The van der Waals surface area contributed by atoms with Crippen LogP contribution in [0.5, 0.6) is 0 Å². The Labute approximate surface area is 165 Å². The molecule has 0 radical (unpaired) electrons. The van der Waals surface area contributed by atoms with Gasteiger partial charge >= 0.3 is 0 Å². The molecule has 1 aliphatic heterocycles. The Morgan fingerprint density at radius 1 is 1.15 bits per heavy atom. The van der Waals surface area contributed by atoms with E-state index < -0.39 is 0 Å². The van der Waals surface area contributed by atoms with Gasteiger partial charge in [0.15, 0.2) is 0 Å². The van der Waals surface area contributed by atoms with Crippen LogP contribution in [0.25, 0.3) is 0 Å². The highest BCUT2D eigenvalue weighted by Crippen LogP contribution is 2.32. The second-order valence-corrected chi connectivity index (χ2v) is 7.49. The lowest BCUT2D eigenvalue weighted by molar-refractivity contribution is 0.235. The molecule has 3 aromatic rings. The monoisotopic (exact) mass is 380 g/mol. The van der Waals surface area contributed by atoms with Crippen LogP contribution in [-0.4, -0.2) is 26.0 Å². The molecular weight excluding hydrogens is 356 g/mol. The first kappa shape index (κ1) is 18.2. The minimum Gasteiger partial charge on any atom is -0.334 e. The number of benzene rings is 1. The third-order valence-corrected chi connectivity index (χ3v) is 5.72. The summed E-state index contributed by atoms with van der Waals surface area (Å²) in [5.74, 6) is 1.14. The maximum atomic E-state index is 6.33. The normalized spacial score (nSPS) is 17.5. The molecule has 1 saturated heterocycles. The van der Waals surface area contributed by atoms with Crippen LogP contribution >= 0.6 is 11.6 Å². The Morgan fingerprint density at radius 3 is 2.89 bits per heavy atom. The summed E-state index contributed by atoms with van der Waals surface area (Å²) in [6, 6.07) is 14.7. The van der Waals surface area contributed by atoms with Gasteiger partial charge in [-0.15, -0.1) is 0 Å². The maximum absolute atomic E-state index is 6.33. The molecule has 0 amide bonds. The van der Waals surface area contributed by atoms with Crippen LogP contribution in [0, 0.1) is 0 Å². The molecule has 140 valence electrons. The summed E-state index contributed by atoms with van der Waals surface area (Å²) in [5.41, 5.74) is 3.35. The first-order valence-electron chi connectivity index (χ1n) is 9.68. The molecule has 0 bridgehead atoms. The van der Waals surface area contributed by atoms with Crippen molar-refractivity contribution in [3.63, 3.8) is 0 Å². The van der Waals surface area contributed by atoms with E-state index in [4.69, 9.17) is 16.6 Å². The van der Waals surface area contributed by atoms with Gasteiger partial charge in [0, 0.05) is 36.1 Å². The predicted molar refractivity (Wildman–Crippen MR) is 109 cm³/mol. The summed E-state index contributed by atoms with van der Waals surface area (Å²) in [4.78, 5) is 12.0. The fourth-order valence-electron chi connectivity index (χ4n) is 3.93. The number of rotatable bonds is 6. The highest BCUT2D eigenvalue weighted by Gasteiger charge is 2.28. The Kier molecular flexibility index (Phi) is 5.55. The minimum absolute atomic E-state index is 0.359. The molecule has 1 aliphatic rings. The van der Waals surface area contributed by atoms with Gasteiger partial charge in [0.05, 0.1) is 18.3 Å². The smallest absolute Gasteiger partial charge is 0.122 e. The standard InChI is InChI=1S/C22H25ClN4/c1-2-26-14-12-24-22(26)16-27-13-6-11-21(27)20-10-5-8-18(25-20)15-17-7-3-4-9-19(17)23/h3-5,7-10,12,14,21H,2,6,11,13,15-16H2,1H3. The minimum atomic E-state index is 0.359. The van der Waals surface area contributed by atoms with Crippen LogP contribution < -0.4 is 0 Å². The van der Waals surface area contributed by atoms with Gasteiger partial charge in [0.2, 0.25) is 0 Å². The van der Waals surface area contributed by atoms with E-state index in [0.717, 1.165) is 60.3 Å². The summed E-state index contributed by atoms with van der Waals surface area (Å²) in [5, 5.41) is 0.804. The summed E-state index contributed by atoms with van der Waals surface area (Å²) in [6.07, 6.45) is 7.07. The van der Waals surface area contributed by atoms with Crippen LogP contribution in [-0.2, 0) is 19.5 Å². The molecule has 0 saturated carbocycles. The zero-order valence-corrected chi connectivity index (χ0v) is 16.4. The summed E-state index contributed by atoms with van der Waals surface area (Å²) in [7, 11) is 0. The van der Waals surface area contributed by atoms with Gasteiger partial charge in [-0.05, 0) is 50.1 Å². The van der Waals surface area contributed by atoms with Crippen molar-refractivity contribution in [2.75, 3.05) is 6.54 Å². The second kappa shape index (κ2) is 8.24. The highest BCUT2D eigenvalue weighted by molar-refractivity contribution is 6.31. The topological polar surface area (TPSA) is 34.0 Å². The molecule has 4 nitrogen and oxygen atoms in total. The van der Waals surface area contributed by atoms with Crippen molar-refractivity contribution < 1.29 is 0 Å². The van der Waals surface area contributed by atoms with Crippen molar-refractivity contribution in [3.8, 4) is 0 Å². The summed E-state index contributed by atoms with van der Waals surface area (Å²) >= 11 is 6.33. The molecule has 0 aliphatic carbocycles. The highest BCUT2D eigenvalue weighted by atomic mass is 35.5. The van der Waals surface area contributed by atoms with E-state index in [0.29, 0.717) is 6.04 Å². The number of likely N-dealkylation sites (tertiary alicyclic amines) is 1. The molecular formula is C22H25ClN4. The molecule has 1 aromatic carbocycles. The lowest BCUT2D eigenvalue weighted by Crippen LogP contribution is -2.25. The van der Waals surface area contributed by atoms with Crippen LogP contribution in [0.15, 0.2) is 54.9 Å². The summed E-state index contributed by atoms with van der Waals surface area (Å²) < 4.78 is 2.22. The van der Waals surface area contributed by atoms with Gasteiger partial charge < -0.3 is 4.57 Å². The molecule has 0 spiro atoms. The zero-order chi connectivity index (χ0) is 18.6. The molecule has 1 unspecified atom stereocenters. The number of aryl methyl sites for hydroxylation is 1. The molecule has 3 heterocycles. The fraction of sp³-hybridized carbons (Fsp3) is 0.364. The Morgan fingerprint density at radius 2 is 2.04 bits per heavy atom. The maximum Gasteiger partial charge on any atom is 0.122 e. The van der Waals surface area contributed by atoms with Crippen LogP contribution in [0.4, 0.5) is 0 Å². The number of hydrogen-bond donors (Lipinski definition) is 0. The van der Waals surface area contributed by atoms with Crippen molar-refractivity contribution in [2.24, 2.45) is 0 Å². The molecule has 4 rings (SSSR count). The Hall–Kier alpha value is -2.17. The zero-order valence-electron chi connectivity index (χ0n) is 15.7. The number of nitrogens with zero attached hydrogens (tertiary/aromatic N) is 4. The molecule has 5 heteroatoms. The Bertz CT molecular complexity index is 905. The van der Waals surface area contributed by atoms with Gasteiger partial charge in [0.1, 0.15) is 5.82 Å². The first-order valence-corrected chi connectivity index (χ1v) is 10.1. The van der Waals surface area contributed by atoms with Crippen molar-refractivity contribution in [1.82, 2.24) is 19.4 Å². The van der Waals surface area contributed by atoms with Crippen LogP contribution in [0.1, 0.15) is 48.6 Å². The molecule has 1 atom stereocenters. The van der Waals surface area contributed by atoms with E-state index in [1.165, 1.54) is 6.42 Å². The van der Waals surface area contributed by atoms with Crippen molar-refractivity contribution in [1.29, 1.82) is 0 Å². The van der Waals surface area contributed by atoms with Crippen molar-refractivity contribution in [2.45, 2.75) is 45.3 Å². The van der Waals surface area contributed by atoms with E-state index in [1.54, 1.807) is 0 Å². The van der Waals surface area contributed by atoms with Gasteiger partial charge in [-0.3, -0.25) is 9.88 Å². The van der Waals surface area contributed by atoms with E-state index >= 15 is 0 Å². The quantitative estimate of drug-likeness (QED) is 0.611. The molecule has 1 fully saturated rings. The summed E-state index contributed by atoms with van der Waals surface area (Å²) in [6.45, 7) is 5.09. The average Bonchev–Trinajstić information content (AvgIpc) is 3.33. The SMILES string of the molecule is CCn1ccnc1CN1CCCC1c1cccc(Cc2ccccc2Cl)n1. The largest absolute Gasteiger partial charge is 0.334 e. The number of imidazole rings is 1. The van der Waals surface area contributed by atoms with Crippen molar-refractivity contribution >= 4 is 11.6 Å². The van der Waals surface area contributed by atoms with E-state index in [-0.39, 0.29) is 0 Å². The first-order chi connectivity index (χ1) is 13.2. The number of halogens is 1. The third-order valence-electron chi connectivity index (χ3n) is 5.35. The molecule has 27 heavy (non-hydrogen) atoms. The Balaban J connectivity index is 1.53. The van der Waals surface area contributed by atoms with E-state index in [9.17, 15) is 0 Å². The number of pyridine rings is 1. The van der Waals surface area contributed by atoms with Gasteiger partial charge in [-0.2, -0.15) is 0 Å². The van der Waals surface area contributed by atoms with Gasteiger partial charge in [-0.25, -0.2) is 4.98 Å². The average molecular weight is 381 g/mol. The number of hydrogen-bond acceptors (Lipinski definition) is 3. The van der Waals surface area contributed by atoms with Crippen LogP contribution in [0.2, 0.25) is 5.02 Å². The predicted octanol–water partition coefficient (Wildman–Crippen LogP) is 4.88. The fourth-order valence-corrected chi connectivity index (χ4v) is 4.13. The van der Waals surface area contributed by atoms with Gasteiger partial charge in [-0.1, -0.05) is 35.9 Å². The van der Waals surface area contributed by atoms with E-state index in [2.05, 4.69) is 51.8 Å². The second-order valence-electron chi connectivity index (χ2n) is 7.08. The molecule has 2 aromatic heterocycles. The van der Waals surface area contributed by atoms with Crippen molar-refractivity contribution in [3.05, 3.63) is 82.7 Å². The lowest BCUT2D eigenvalue weighted by atomic mass is 10.1. The lowest BCUT2D eigenvalue weighted by Gasteiger charge is -2.24. The van der Waals surface area contributed by atoms with Gasteiger partial charge in [0.25, 0.3) is 0 Å². The van der Waals surface area contributed by atoms with E-state index in [1.807, 2.05) is 24.4 Å². The molecule has 0 N–H and O–H groups in total. The van der Waals surface area contributed by atoms with Crippen LogP contribution in [0.3, 0.4) is 0 Å². The third kappa shape index (κ3) is 4.07.